The van der Waals surface area contributed by atoms with Gasteiger partial charge in [0.15, 0.2) is 5.13 Å². The zero-order chi connectivity index (χ0) is 22.9. The lowest BCUT2D eigenvalue weighted by atomic mass is 9.99. The summed E-state index contributed by atoms with van der Waals surface area (Å²) in [5.41, 5.74) is 7.43. The molecule has 166 valence electrons. The summed E-state index contributed by atoms with van der Waals surface area (Å²) in [5.74, 6) is 0.390. The maximum absolute atomic E-state index is 12.4. The number of aryl methyl sites for hydroxylation is 3. The van der Waals surface area contributed by atoms with Crippen LogP contribution in [-0.2, 0) is 4.79 Å². The van der Waals surface area contributed by atoms with Crippen molar-refractivity contribution in [2.75, 3.05) is 11.1 Å². The van der Waals surface area contributed by atoms with Crippen LogP contribution in [0.15, 0.2) is 57.6 Å². The van der Waals surface area contributed by atoms with Crippen molar-refractivity contribution in [3.05, 3.63) is 64.7 Å². The molecule has 5 rings (SSSR count). The minimum atomic E-state index is -0.176. The van der Waals surface area contributed by atoms with Gasteiger partial charge in [0.2, 0.25) is 5.91 Å². The summed E-state index contributed by atoms with van der Waals surface area (Å²) in [7, 11) is 0. The molecule has 33 heavy (non-hydrogen) atoms. The zero-order valence-corrected chi connectivity index (χ0v) is 19.9. The Labute approximate surface area is 198 Å². The number of fused-ring (bicyclic) bond motifs is 1. The van der Waals surface area contributed by atoms with E-state index >= 15 is 0 Å². The molecule has 0 aliphatic carbocycles. The molecule has 2 aromatic carbocycles. The van der Waals surface area contributed by atoms with Crippen LogP contribution in [0.3, 0.4) is 0 Å². The monoisotopic (exact) mass is 475 g/mol. The molecule has 2 N–H and O–H groups in total. The highest BCUT2D eigenvalue weighted by atomic mass is 32.2. The largest absolute Gasteiger partial charge is 0.411 e. The summed E-state index contributed by atoms with van der Waals surface area (Å²) >= 11 is 2.60. The molecule has 9 heteroatoms. The van der Waals surface area contributed by atoms with Crippen molar-refractivity contribution in [2.24, 2.45) is 0 Å². The van der Waals surface area contributed by atoms with Crippen LogP contribution in [0.1, 0.15) is 16.7 Å². The summed E-state index contributed by atoms with van der Waals surface area (Å²) in [6.07, 6.45) is 1.84. The average molecular weight is 476 g/mol. The molecule has 5 aromatic rings. The summed E-state index contributed by atoms with van der Waals surface area (Å²) in [5, 5.41) is 14.9. The van der Waals surface area contributed by atoms with Crippen molar-refractivity contribution in [3.8, 4) is 22.7 Å². The smallest absolute Gasteiger partial charge is 0.277 e. The predicted molar refractivity (Wildman–Crippen MR) is 133 cm³/mol. The molecule has 7 nitrogen and oxygen atoms in total. The van der Waals surface area contributed by atoms with Crippen LogP contribution >= 0.6 is 23.1 Å². The second-order valence-electron chi connectivity index (χ2n) is 7.75. The molecule has 3 aromatic heterocycles. The van der Waals surface area contributed by atoms with Crippen molar-refractivity contribution in [1.82, 2.24) is 20.2 Å². The highest BCUT2D eigenvalue weighted by Crippen LogP contribution is 2.31. The van der Waals surface area contributed by atoms with E-state index in [9.17, 15) is 4.79 Å². The molecule has 0 aliphatic rings. The number of para-hydroxylation sites is 1. The average Bonchev–Trinajstić information content (AvgIpc) is 3.54. The topological polar surface area (TPSA) is 96.7 Å². The number of amides is 1. The molecule has 0 fully saturated rings. The fraction of sp³-hybridized carbons (Fsp3) is 0.167. The second kappa shape index (κ2) is 8.84. The van der Waals surface area contributed by atoms with Gasteiger partial charge in [-0.2, -0.15) is 0 Å². The van der Waals surface area contributed by atoms with Crippen LogP contribution in [0.2, 0.25) is 0 Å². The lowest BCUT2D eigenvalue weighted by Gasteiger charge is -2.07. The van der Waals surface area contributed by atoms with Crippen LogP contribution in [0.25, 0.3) is 33.6 Å². The molecule has 3 heterocycles. The van der Waals surface area contributed by atoms with Gasteiger partial charge in [0, 0.05) is 28.0 Å². The Morgan fingerprint density at radius 3 is 2.79 bits per heavy atom. The third-order valence-corrected chi connectivity index (χ3v) is 7.00. The first-order chi connectivity index (χ1) is 16.0. The molecule has 0 spiro atoms. The van der Waals surface area contributed by atoms with E-state index in [1.807, 2.05) is 35.8 Å². The van der Waals surface area contributed by atoms with E-state index in [0.29, 0.717) is 16.2 Å². The zero-order valence-electron chi connectivity index (χ0n) is 18.3. The second-order valence-corrected chi connectivity index (χ2v) is 9.53. The highest BCUT2D eigenvalue weighted by molar-refractivity contribution is 7.99. The van der Waals surface area contributed by atoms with Gasteiger partial charge < -0.3 is 14.7 Å². The third kappa shape index (κ3) is 4.42. The molecule has 0 aliphatic heterocycles. The molecule has 0 atom stereocenters. The Bertz CT molecular complexity index is 1470. The Balaban J connectivity index is 1.22. The number of H-pyrrole nitrogens is 1. The van der Waals surface area contributed by atoms with Gasteiger partial charge in [-0.25, -0.2) is 4.98 Å². The molecule has 0 unspecified atom stereocenters. The number of nitrogens with zero attached hydrogens (tertiary/aromatic N) is 3. The number of thiazole rings is 1. The number of thioether (sulfide) groups is 1. The SMILES string of the molecule is Cc1cc(C)c(-c2csc(NC(=O)CSc3nnc(-c4c[nH]c5ccccc45)o3)n2)cc1C. The van der Waals surface area contributed by atoms with Gasteiger partial charge in [0.1, 0.15) is 0 Å². The van der Waals surface area contributed by atoms with Gasteiger partial charge in [0.05, 0.1) is 17.0 Å². The van der Waals surface area contributed by atoms with Gasteiger partial charge in [0.25, 0.3) is 11.1 Å². The molecule has 0 saturated heterocycles. The van der Waals surface area contributed by atoms with Gasteiger partial charge in [-0.3, -0.25) is 4.79 Å². The van der Waals surface area contributed by atoms with Gasteiger partial charge in [-0.1, -0.05) is 36.0 Å². The summed E-state index contributed by atoms with van der Waals surface area (Å²) in [4.78, 5) is 20.2. The van der Waals surface area contributed by atoms with Crippen LogP contribution < -0.4 is 5.32 Å². The standard InChI is InChI=1S/C24H21N5O2S2/c1-13-8-15(3)17(9-14(13)2)20-11-32-23(26-20)27-21(30)12-33-24-29-28-22(31-24)18-10-25-19-7-5-4-6-16(18)19/h4-11,25H,12H2,1-3H3,(H,26,27,30). The first-order valence-corrected chi connectivity index (χ1v) is 12.2. The fourth-order valence-corrected chi connectivity index (χ4v) is 4.89. The van der Waals surface area contributed by atoms with E-state index in [2.05, 4.69) is 58.4 Å². The number of aromatic nitrogens is 4. The lowest BCUT2D eigenvalue weighted by Crippen LogP contribution is -2.13. The van der Waals surface area contributed by atoms with Crippen molar-refractivity contribution in [2.45, 2.75) is 26.0 Å². The molecule has 1 amide bonds. The van der Waals surface area contributed by atoms with Gasteiger partial charge in [-0.05, 0) is 49.6 Å². The number of nitrogens with one attached hydrogen (secondary N) is 2. The van der Waals surface area contributed by atoms with Gasteiger partial charge >= 0.3 is 0 Å². The minimum Gasteiger partial charge on any atom is -0.411 e. The number of anilines is 1. The number of hydrogen-bond donors (Lipinski definition) is 2. The van der Waals surface area contributed by atoms with E-state index in [0.717, 1.165) is 27.7 Å². The van der Waals surface area contributed by atoms with Crippen molar-refractivity contribution in [1.29, 1.82) is 0 Å². The molecule has 0 saturated carbocycles. The number of hydrogen-bond acceptors (Lipinski definition) is 7. The van der Waals surface area contributed by atoms with Crippen LogP contribution in [0.5, 0.6) is 0 Å². The van der Waals surface area contributed by atoms with Crippen molar-refractivity contribution in [3.63, 3.8) is 0 Å². The molecular formula is C24H21N5O2S2. The molecule has 0 radical (unpaired) electrons. The quantitative estimate of drug-likeness (QED) is 0.293. The maximum atomic E-state index is 12.4. The Kier molecular flexibility index (Phi) is 5.74. The maximum Gasteiger partial charge on any atom is 0.277 e. The number of benzene rings is 2. The molecular weight excluding hydrogens is 454 g/mol. The number of aromatic amines is 1. The van der Waals surface area contributed by atoms with E-state index in [-0.39, 0.29) is 11.7 Å². The Hall–Kier alpha value is -3.43. The van der Waals surface area contributed by atoms with Gasteiger partial charge in [-0.15, -0.1) is 21.5 Å². The summed E-state index contributed by atoms with van der Waals surface area (Å²) in [6, 6.07) is 12.2. The predicted octanol–water partition coefficient (Wildman–Crippen LogP) is 6.00. The summed E-state index contributed by atoms with van der Waals surface area (Å²) in [6.45, 7) is 6.26. The molecule has 0 bridgehead atoms. The van der Waals surface area contributed by atoms with Crippen molar-refractivity contribution >= 4 is 45.0 Å². The number of carbonyl (C=O) groups is 1. The van der Waals surface area contributed by atoms with Crippen LogP contribution in [0.4, 0.5) is 5.13 Å². The van der Waals surface area contributed by atoms with Crippen LogP contribution in [-0.4, -0.2) is 31.8 Å². The Morgan fingerprint density at radius 2 is 1.91 bits per heavy atom. The third-order valence-electron chi connectivity index (χ3n) is 5.42. The first kappa shape index (κ1) is 21.4. The first-order valence-electron chi connectivity index (χ1n) is 10.3. The normalized spacial score (nSPS) is 11.2. The number of rotatable bonds is 6. The summed E-state index contributed by atoms with van der Waals surface area (Å²) < 4.78 is 5.76. The fourth-order valence-electron chi connectivity index (χ4n) is 3.60. The minimum absolute atomic E-state index is 0.146. The van der Waals surface area contributed by atoms with Crippen LogP contribution in [0, 0.1) is 20.8 Å². The van der Waals surface area contributed by atoms with E-state index in [1.54, 1.807) is 0 Å². The van der Waals surface area contributed by atoms with E-state index in [4.69, 9.17) is 4.42 Å². The Morgan fingerprint density at radius 1 is 1.09 bits per heavy atom. The van der Waals surface area contributed by atoms with E-state index < -0.39 is 0 Å². The van der Waals surface area contributed by atoms with Crippen molar-refractivity contribution < 1.29 is 9.21 Å². The highest BCUT2D eigenvalue weighted by Gasteiger charge is 2.16. The lowest BCUT2D eigenvalue weighted by molar-refractivity contribution is -0.113. The van der Waals surface area contributed by atoms with E-state index in [1.165, 1.54) is 39.8 Å². The number of carbonyl (C=O) groups excluding carboxylic acids is 1.